The first-order valence-corrected chi connectivity index (χ1v) is 6.63. The minimum Gasteiger partial charge on any atom is -0.244 e. The first-order chi connectivity index (χ1) is 9.31. The molecule has 90 valence electrons. The van der Waals surface area contributed by atoms with Crippen molar-refractivity contribution in [1.82, 2.24) is 4.98 Å². The zero-order valence-electron chi connectivity index (χ0n) is 9.97. The SMILES string of the molecule is N#Cc1nccc(-c2cccc3ccccc23)c1Br. The lowest BCUT2D eigenvalue weighted by molar-refractivity contribution is 1.25. The number of halogens is 1. The summed E-state index contributed by atoms with van der Waals surface area (Å²) >= 11 is 3.48. The van der Waals surface area contributed by atoms with Crippen molar-refractivity contribution in [2.45, 2.75) is 0 Å². The fourth-order valence-electron chi connectivity index (χ4n) is 2.19. The summed E-state index contributed by atoms with van der Waals surface area (Å²) in [5.41, 5.74) is 2.50. The standard InChI is InChI=1S/C16H9BrN2/c17-16-14(8-9-19-15(16)10-18)13-7-3-5-11-4-1-2-6-12(11)13/h1-9H. The van der Waals surface area contributed by atoms with E-state index in [-0.39, 0.29) is 0 Å². The molecule has 0 fully saturated rings. The molecule has 0 aliphatic heterocycles. The highest BCUT2D eigenvalue weighted by Crippen LogP contribution is 2.34. The van der Waals surface area contributed by atoms with Crippen LogP contribution in [0.2, 0.25) is 0 Å². The lowest BCUT2D eigenvalue weighted by Crippen LogP contribution is -1.89. The molecule has 2 aromatic carbocycles. The number of pyridine rings is 1. The molecular formula is C16H9BrN2. The normalized spacial score (nSPS) is 10.3. The minimum absolute atomic E-state index is 0.408. The molecular weight excluding hydrogens is 300 g/mol. The van der Waals surface area contributed by atoms with Gasteiger partial charge in [-0.1, -0.05) is 42.5 Å². The van der Waals surface area contributed by atoms with Crippen molar-refractivity contribution < 1.29 is 0 Å². The average molecular weight is 309 g/mol. The highest BCUT2D eigenvalue weighted by atomic mass is 79.9. The zero-order valence-corrected chi connectivity index (χ0v) is 11.6. The smallest absolute Gasteiger partial charge is 0.155 e. The molecule has 0 amide bonds. The average Bonchev–Trinajstić information content (AvgIpc) is 2.47. The molecule has 0 radical (unpaired) electrons. The third-order valence-electron chi connectivity index (χ3n) is 3.07. The Morgan fingerprint density at radius 1 is 0.947 bits per heavy atom. The van der Waals surface area contributed by atoms with Crippen molar-refractivity contribution in [2.24, 2.45) is 0 Å². The molecule has 19 heavy (non-hydrogen) atoms. The number of rotatable bonds is 1. The maximum absolute atomic E-state index is 9.06. The first-order valence-electron chi connectivity index (χ1n) is 5.84. The van der Waals surface area contributed by atoms with Crippen LogP contribution < -0.4 is 0 Å². The highest BCUT2D eigenvalue weighted by Gasteiger charge is 2.10. The van der Waals surface area contributed by atoms with Crippen LogP contribution in [0.15, 0.2) is 59.2 Å². The number of aromatic nitrogens is 1. The van der Waals surface area contributed by atoms with E-state index in [1.165, 1.54) is 10.8 Å². The number of hydrogen-bond acceptors (Lipinski definition) is 2. The van der Waals surface area contributed by atoms with Crippen LogP contribution in [-0.2, 0) is 0 Å². The van der Waals surface area contributed by atoms with Crippen LogP contribution >= 0.6 is 15.9 Å². The van der Waals surface area contributed by atoms with Gasteiger partial charge in [-0.05, 0) is 38.3 Å². The van der Waals surface area contributed by atoms with E-state index in [2.05, 4.69) is 51.2 Å². The van der Waals surface area contributed by atoms with E-state index < -0.39 is 0 Å². The molecule has 0 aliphatic carbocycles. The molecule has 0 atom stereocenters. The quantitative estimate of drug-likeness (QED) is 0.662. The number of nitriles is 1. The molecule has 2 nitrogen and oxygen atoms in total. The van der Waals surface area contributed by atoms with Crippen molar-refractivity contribution in [3.8, 4) is 17.2 Å². The second kappa shape index (κ2) is 4.83. The van der Waals surface area contributed by atoms with Gasteiger partial charge in [0.15, 0.2) is 5.69 Å². The summed E-state index contributed by atoms with van der Waals surface area (Å²) < 4.78 is 0.744. The van der Waals surface area contributed by atoms with E-state index in [0.29, 0.717) is 5.69 Å². The fraction of sp³-hybridized carbons (Fsp3) is 0. The predicted molar refractivity (Wildman–Crippen MR) is 79.6 cm³/mol. The third kappa shape index (κ3) is 2.00. The number of nitrogens with zero attached hydrogens (tertiary/aromatic N) is 2. The van der Waals surface area contributed by atoms with Gasteiger partial charge in [0.25, 0.3) is 0 Å². The van der Waals surface area contributed by atoms with Gasteiger partial charge >= 0.3 is 0 Å². The molecule has 3 aromatic rings. The Morgan fingerprint density at radius 2 is 1.74 bits per heavy atom. The third-order valence-corrected chi connectivity index (χ3v) is 3.88. The number of fused-ring (bicyclic) bond motifs is 1. The lowest BCUT2D eigenvalue weighted by Gasteiger charge is -2.09. The zero-order chi connectivity index (χ0) is 13.2. The van der Waals surface area contributed by atoms with E-state index in [0.717, 1.165) is 15.6 Å². The van der Waals surface area contributed by atoms with Crippen LogP contribution in [0.25, 0.3) is 21.9 Å². The van der Waals surface area contributed by atoms with Crippen molar-refractivity contribution in [1.29, 1.82) is 5.26 Å². The molecule has 0 N–H and O–H groups in total. The molecule has 3 heteroatoms. The Morgan fingerprint density at radius 3 is 2.58 bits per heavy atom. The summed E-state index contributed by atoms with van der Waals surface area (Å²) in [6.45, 7) is 0. The van der Waals surface area contributed by atoms with Crippen molar-refractivity contribution in [3.05, 3.63) is 64.9 Å². The molecule has 1 heterocycles. The Kier molecular flexibility index (Phi) is 3.02. The molecule has 0 spiro atoms. The van der Waals surface area contributed by atoms with Gasteiger partial charge in [-0.2, -0.15) is 5.26 Å². The van der Waals surface area contributed by atoms with Gasteiger partial charge in [-0.15, -0.1) is 0 Å². The van der Waals surface area contributed by atoms with Crippen molar-refractivity contribution >= 4 is 26.7 Å². The number of benzene rings is 2. The molecule has 0 saturated heterocycles. The van der Waals surface area contributed by atoms with Gasteiger partial charge in [0.1, 0.15) is 6.07 Å². The Balaban J connectivity index is 2.35. The molecule has 0 unspecified atom stereocenters. The largest absolute Gasteiger partial charge is 0.244 e. The topological polar surface area (TPSA) is 36.7 Å². The van der Waals surface area contributed by atoms with Gasteiger partial charge in [0, 0.05) is 11.8 Å². The highest BCUT2D eigenvalue weighted by molar-refractivity contribution is 9.10. The van der Waals surface area contributed by atoms with Gasteiger partial charge in [0.05, 0.1) is 4.47 Å². The summed E-state index contributed by atoms with van der Waals surface area (Å²) in [5.74, 6) is 0. The van der Waals surface area contributed by atoms with Crippen LogP contribution in [0.1, 0.15) is 5.69 Å². The minimum atomic E-state index is 0.408. The Bertz CT molecular complexity index is 798. The van der Waals surface area contributed by atoms with Gasteiger partial charge < -0.3 is 0 Å². The fourth-order valence-corrected chi connectivity index (χ4v) is 2.73. The summed E-state index contributed by atoms with van der Waals surface area (Å²) in [5, 5.41) is 11.4. The van der Waals surface area contributed by atoms with E-state index >= 15 is 0 Å². The molecule has 3 rings (SSSR count). The Hall–Kier alpha value is -2.18. The maximum atomic E-state index is 9.06. The van der Waals surface area contributed by atoms with Gasteiger partial charge in [-0.3, -0.25) is 0 Å². The predicted octanol–water partition coefficient (Wildman–Crippen LogP) is 4.54. The van der Waals surface area contributed by atoms with E-state index in [1.54, 1.807) is 6.20 Å². The summed E-state index contributed by atoms with van der Waals surface area (Å²) in [7, 11) is 0. The second-order valence-electron chi connectivity index (χ2n) is 4.16. The van der Waals surface area contributed by atoms with Crippen molar-refractivity contribution in [2.75, 3.05) is 0 Å². The van der Waals surface area contributed by atoms with Gasteiger partial charge in [0.2, 0.25) is 0 Å². The van der Waals surface area contributed by atoms with Gasteiger partial charge in [-0.25, -0.2) is 4.98 Å². The number of hydrogen-bond donors (Lipinski definition) is 0. The van der Waals surface area contributed by atoms with Crippen LogP contribution in [-0.4, -0.2) is 4.98 Å². The van der Waals surface area contributed by atoms with E-state index in [4.69, 9.17) is 5.26 Å². The Labute approximate surface area is 119 Å². The van der Waals surface area contributed by atoms with Crippen LogP contribution in [0, 0.1) is 11.3 Å². The molecule has 0 bridgehead atoms. The van der Waals surface area contributed by atoms with E-state index in [9.17, 15) is 0 Å². The summed E-state index contributed by atoms with van der Waals surface area (Å²) in [4.78, 5) is 4.06. The molecule has 0 aliphatic rings. The monoisotopic (exact) mass is 308 g/mol. The molecule has 0 saturated carbocycles. The molecule has 1 aromatic heterocycles. The van der Waals surface area contributed by atoms with Crippen LogP contribution in [0.4, 0.5) is 0 Å². The second-order valence-corrected chi connectivity index (χ2v) is 4.95. The lowest BCUT2D eigenvalue weighted by atomic mass is 9.98. The first kappa shape index (κ1) is 11.9. The summed E-state index contributed by atoms with van der Waals surface area (Å²) in [6, 6.07) is 18.4. The summed E-state index contributed by atoms with van der Waals surface area (Å²) in [6.07, 6.45) is 1.67. The maximum Gasteiger partial charge on any atom is 0.155 e. The van der Waals surface area contributed by atoms with Crippen LogP contribution in [0.5, 0.6) is 0 Å². The van der Waals surface area contributed by atoms with E-state index in [1.807, 2.05) is 24.3 Å². The van der Waals surface area contributed by atoms with Crippen LogP contribution in [0.3, 0.4) is 0 Å². The van der Waals surface area contributed by atoms with Crippen molar-refractivity contribution in [3.63, 3.8) is 0 Å².